The number of anilines is 1. The van der Waals surface area contributed by atoms with Crippen molar-refractivity contribution in [2.75, 3.05) is 5.32 Å². The fourth-order valence-corrected chi connectivity index (χ4v) is 2.81. The molecule has 3 rings (SSSR count). The van der Waals surface area contributed by atoms with Crippen molar-refractivity contribution in [2.45, 2.75) is 13.5 Å². The van der Waals surface area contributed by atoms with E-state index in [1.807, 2.05) is 6.92 Å². The van der Waals surface area contributed by atoms with E-state index in [4.69, 9.17) is 27.9 Å². The molecule has 28 heavy (non-hydrogen) atoms. The number of benzene rings is 2. The normalized spacial score (nSPS) is 10.5. The van der Waals surface area contributed by atoms with Crippen LogP contribution in [0.2, 0.25) is 10.0 Å². The number of halogens is 2. The molecule has 0 saturated carbocycles. The van der Waals surface area contributed by atoms with Crippen molar-refractivity contribution >= 4 is 40.5 Å². The zero-order chi connectivity index (χ0) is 20.3. The second kappa shape index (κ2) is 8.28. The van der Waals surface area contributed by atoms with Crippen LogP contribution < -0.4 is 10.1 Å². The third-order valence-corrected chi connectivity index (χ3v) is 4.23. The molecule has 10 heteroatoms. The summed E-state index contributed by atoms with van der Waals surface area (Å²) in [6.45, 7) is 2.50. The van der Waals surface area contributed by atoms with Crippen LogP contribution in [0.1, 0.15) is 17.3 Å². The fraction of sp³-hybridized carbons (Fsp3) is 0.111. The first-order chi connectivity index (χ1) is 13.4. The Kier molecular flexibility index (Phi) is 5.81. The molecule has 0 fully saturated rings. The fourth-order valence-electron chi connectivity index (χ4n) is 2.36. The molecule has 0 radical (unpaired) electrons. The van der Waals surface area contributed by atoms with Crippen LogP contribution in [0, 0.1) is 10.1 Å². The lowest BCUT2D eigenvalue weighted by Crippen LogP contribution is -2.11. The number of hydrogen-bond acceptors (Lipinski definition) is 5. The van der Waals surface area contributed by atoms with Gasteiger partial charge in [0.2, 0.25) is 0 Å². The standard InChI is InChI=1S/C18H14Cl2N4O4/c1-2-23-10-11(9-21-23)18(25)22-13-6-14(24(26)27)8-15(7-13)28-17-4-3-12(19)5-16(17)20/h3-10H,2H2,1H3,(H,22,25). The second-order valence-electron chi connectivity index (χ2n) is 5.69. The van der Waals surface area contributed by atoms with Crippen LogP contribution in [-0.2, 0) is 6.54 Å². The summed E-state index contributed by atoms with van der Waals surface area (Å²) in [7, 11) is 0. The van der Waals surface area contributed by atoms with Crippen LogP contribution >= 0.6 is 23.2 Å². The summed E-state index contributed by atoms with van der Waals surface area (Å²) in [5, 5.41) is 18.6. The van der Waals surface area contributed by atoms with E-state index < -0.39 is 10.8 Å². The Morgan fingerprint density at radius 3 is 2.71 bits per heavy atom. The SMILES string of the molecule is CCn1cc(C(=O)Nc2cc(Oc3ccc(Cl)cc3Cl)cc([N+](=O)[O-])c2)cn1. The van der Waals surface area contributed by atoms with Crippen molar-refractivity contribution in [1.82, 2.24) is 9.78 Å². The third-order valence-electron chi connectivity index (χ3n) is 3.70. The van der Waals surface area contributed by atoms with Crippen molar-refractivity contribution in [1.29, 1.82) is 0 Å². The Labute approximate surface area is 169 Å². The number of amides is 1. The van der Waals surface area contributed by atoms with Gasteiger partial charge in [-0.1, -0.05) is 23.2 Å². The van der Waals surface area contributed by atoms with Crippen molar-refractivity contribution in [2.24, 2.45) is 0 Å². The average Bonchev–Trinajstić information content (AvgIpc) is 3.13. The Bertz CT molecular complexity index is 1050. The van der Waals surface area contributed by atoms with Crippen LogP contribution in [0.3, 0.4) is 0 Å². The zero-order valence-corrected chi connectivity index (χ0v) is 16.1. The number of aromatic nitrogens is 2. The summed E-state index contributed by atoms with van der Waals surface area (Å²) in [4.78, 5) is 23.0. The number of nitrogens with zero attached hydrogens (tertiary/aromatic N) is 3. The number of ether oxygens (including phenoxy) is 1. The van der Waals surface area contributed by atoms with Gasteiger partial charge >= 0.3 is 0 Å². The van der Waals surface area contributed by atoms with Crippen LogP contribution in [-0.4, -0.2) is 20.6 Å². The van der Waals surface area contributed by atoms with Crippen LogP contribution in [0.4, 0.5) is 11.4 Å². The number of nitrogens with one attached hydrogen (secondary N) is 1. The summed E-state index contributed by atoms with van der Waals surface area (Å²) < 4.78 is 7.24. The second-order valence-corrected chi connectivity index (χ2v) is 6.53. The summed E-state index contributed by atoms with van der Waals surface area (Å²) in [6.07, 6.45) is 3.00. The molecule has 3 aromatic rings. The molecule has 0 aliphatic heterocycles. The van der Waals surface area contributed by atoms with E-state index in [1.165, 1.54) is 30.5 Å². The Morgan fingerprint density at radius 1 is 1.29 bits per heavy atom. The number of rotatable bonds is 6. The van der Waals surface area contributed by atoms with E-state index in [1.54, 1.807) is 23.0 Å². The van der Waals surface area contributed by atoms with Crippen molar-refractivity contribution in [3.63, 3.8) is 0 Å². The molecule has 2 aromatic carbocycles. The molecule has 0 unspecified atom stereocenters. The average molecular weight is 421 g/mol. The molecule has 8 nitrogen and oxygen atoms in total. The van der Waals surface area contributed by atoms with Gasteiger partial charge in [0.05, 0.1) is 33.5 Å². The van der Waals surface area contributed by atoms with Gasteiger partial charge in [-0.05, 0) is 25.1 Å². The van der Waals surface area contributed by atoms with Gasteiger partial charge < -0.3 is 10.1 Å². The van der Waals surface area contributed by atoms with E-state index in [9.17, 15) is 14.9 Å². The van der Waals surface area contributed by atoms with Gasteiger partial charge in [0, 0.05) is 29.9 Å². The number of carbonyl (C=O) groups is 1. The Balaban J connectivity index is 1.88. The van der Waals surface area contributed by atoms with E-state index in [-0.39, 0.29) is 27.9 Å². The van der Waals surface area contributed by atoms with Gasteiger partial charge in [0.25, 0.3) is 11.6 Å². The molecule has 0 saturated heterocycles. The third kappa shape index (κ3) is 4.59. The molecule has 144 valence electrons. The van der Waals surface area contributed by atoms with Crippen LogP contribution in [0.25, 0.3) is 0 Å². The maximum Gasteiger partial charge on any atom is 0.275 e. The predicted octanol–water partition coefficient (Wildman–Crippen LogP) is 5.16. The monoisotopic (exact) mass is 420 g/mol. The van der Waals surface area contributed by atoms with Gasteiger partial charge in [0.1, 0.15) is 11.5 Å². The minimum Gasteiger partial charge on any atom is -0.455 e. The molecular formula is C18H14Cl2N4O4. The van der Waals surface area contributed by atoms with E-state index in [2.05, 4.69) is 10.4 Å². The van der Waals surface area contributed by atoms with Crippen molar-refractivity contribution in [3.05, 3.63) is 74.5 Å². The zero-order valence-electron chi connectivity index (χ0n) is 14.6. The summed E-state index contributed by atoms with van der Waals surface area (Å²) in [5.41, 5.74) is 0.280. The van der Waals surface area contributed by atoms with E-state index in [0.29, 0.717) is 17.1 Å². The van der Waals surface area contributed by atoms with Crippen molar-refractivity contribution in [3.8, 4) is 11.5 Å². The largest absolute Gasteiger partial charge is 0.455 e. The topological polar surface area (TPSA) is 99.3 Å². The molecule has 0 aliphatic rings. The number of aryl methyl sites for hydroxylation is 1. The molecule has 0 aliphatic carbocycles. The van der Waals surface area contributed by atoms with Crippen molar-refractivity contribution < 1.29 is 14.5 Å². The minimum absolute atomic E-state index is 0.137. The Hall–Kier alpha value is -3.10. The van der Waals surface area contributed by atoms with Gasteiger partial charge in [-0.2, -0.15) is 5.10 Å². The van der Waals surface area contributed by atoms with E-state index >= 15 is 0 Å². The van der Waals surface area contributed by atoms with Gasteiger partial charge in [-0.15, -0.1) is 0 Å². The Morgan fingerprint density at radius 2 is 2.07 bits per heavy atom. The van der Waals surface area contributed by atoms with Crippen LogP contribution in [0.5, 0.6) is 11.5 Å². The molecule has 0 atom stereocenters. The minimum atomic E-state index is -0.582. The summed E-state index contributed by atoms with van der Waals surface area (Å²) in [6, 6.07) is 8.53. The number of nitro groups is 1. The predicted molar refractivity (Wildman–Crippen MR) is 105 cm³/mol. The number of nitro benzene ring substituents is 1. The van der Waals surface area contributed by atoms with Gasteiger partial charge in [0.15, 0.2) is 0 Å². The quantitative estimate of drug-likeness (QED) is 0.438. The highest BCUT2D eigenvalue weighted by Crippen LogP contribution is 2.34. The lowest BCUT2D eigenvalue weighted by Gasteiger charge is -2.10. The lowest BCUT2D eigenvalue weighted by molar-refractivity contribution is -0.384. The first-order valence-corrected chi connectivity index (χ1v) is 8.87. The maximum atomic E-state index is 12.4. The lowest BCUT2D eigenvalue weighted by atomic mass is 10.2. The number of non-ortho nitro benzene ring substituents is 1. The van der Waals surface area contributed by atoms with E-state index in [0.717, 1.165) is 0 Å². The highest BCUT2D eigenvalue weighted by molar-refractivity contribution is 6.35. The highest BCUT2D eigenvalue weighted by atomic mass is 35.5. The maximum absolute atomic E-state index is 12.4. The first-order valence-electron chi connectivity index (χ1n) is 8.12. The van der Waals surface area contributed by atoms with Gasteiger partial charge in [-0.3, -0.25) is 19.6 Å². The molecule has 0 spiro atoms. The molecule has 0 bridgehead atoms. The molecular weight excluding hydrogens is 407 g/mol. The smallest absolute Gasteiger partial charge is 0.275 e. The molecule has 1 aromatic heterocycles. The number of hydrogen-bond donors (Lipinski definition) is 1. The number of carbonyl (C=O) groups excluding carboxylic acids is 1. The molecule has 1 amide bonds. The first kappa shape index (κ1) is 19.7. The van der Waals surface area contributed by atoms with Crippen LogP contribution in [0.15, 0.2) is 48.8 Å². The molecule has 1 N–H and O–H groups in total. The summed E-state index contributed by atoms with van der Waals surface area (Å²) >= 11 is 11.9. The molecule has 1 heterocycles. The van der Waals surface area contributed by atoms with Gasteiger partial charge in [-0.25, -0.2) is 0 Å². The summed E-state index contributed by atoms with van der Waals surface area (Å²) in [5.74, 6) is -0.0401. The highest BCUT2D eigenvalue weighted by Gasteiger charge is 2.15.